The molecule has 0 amide bonds. The molecule has 170 valence electrons. The first-order valence-corrected chi connectivity index (χ1v) is 10.1. The molecule has 0 radical (unpaired) electrons. The standard InChI is InChI=1S/C24H20O9/c1-29-15-7-6-11(8-14(15)27)21-18(10-25)32-24-22-12(9-17(30-2)23(24)33-21)20(28)19-13(26)4-3-5-16(19)31-22/h3-9,18,21,25-27H,10H2,1-2H3/t18-,21+/m0/s1. The lowest BCUT2D eigenvalue weighted by Crippen LogP contribution is -2.36. The van der Waals surface area contributed by atoms with E-state index < -0.39 is 24.2 Å². The average Bonchev–Trinajstić information content (AvgIpc) is 2.83. The molecule has 33 heavy (non-hydrogen) atoms. The normalized spacial score (nSPS) is 17.3. The second-order valence-corrected chi connectivity index (χ2v) is 7.50. The molecule has 0 saturated heterocycles. The molecule has 0 fully saturated rings. The molecule has 1 aromatic heterocycles. The summed E-state index contributed by atoms with van der Waals surface area (Å²) >= 11 is 0. The second kappa shape index (κ2) is 7.79. The van der Waals surface area contributed by atoms with Crippen LogP contribution in [0.4, 0.5) is 0 Å². The van der Waals surface area contributed by atoms with Crippen LogP contribution in [-0.4, -0.2) is 42.3 Å². The highest BCUT2D eigenvalue weighted by molar-refractivity contribution is 5.97. The summed E-state index contributed by atoms with van der Waals surface area (Å²) in [7, 11) is 2.85. The van der Waals surface area contributed by atoms with Crippen LogP contribution in [0.15, 0.2) is 51.7 Å². The van der Waals surface area contributed by atoms with Crippen molar-refractivity contribution < 1.29 is 38.7 Å². The Bertz CT molecular complexity index is 1440. The number of rotatable bonds is 4. The van der Waals surface area contributed by atoms with Crippen molar-refractivity contribution in [1.29, 1.82) is 0 Å². The van der Waals surface area contributed by atoms with Crippen molar-refractivity contribution in [3.05, 3.63) is 58.3 Å². The smallest absolute Gasteiger partial charge is 0.209 e. The van der Waals surface area contributed by atoms with Gasteiger partial charge in [-0.05, 0) is 30.3 Å². The molecule has 2 heterocycles. The summed E-state index contributed by atoms with van der Waals surface area (Å²) in [6.45, 7) is -0.422. The maximum Gasteiger partial charge on any atom is 0.209 e. The number of aliphatic hydroxyl groups is 1. The fourth-order valence-electron chi connectivity index (χ4n) is 4.03. The molecule has 9 nitrogen and oxygen atoms in total. The molecule has 5 rings (SSSR count). The molecule has 0 aliphatic carbocycles. The van der Waals surface area contributed by atoms with E-state index in [0.29, 0.717) is 5.56 Å². The summed E-state index contributed by atoms with van der Waals surface area (Å²) in [5, 5.41) is 30.6. The molecule has 9 heteroatoms. The van der Waals surface area contributed by atoms with Crippen molar-refractivity contribution in [2.75, 3.05) is 20.8 Å². The van der Waals surface area contributed by atoms with E-state index in [1.54, 1.807) is 24.3 Å². The van der Waals surface area contributed by atoms with Gasteiger partial charge in [-0.2, -0.15) is 0 Å². The van der Waals surface area contributed by atoms with Gasteiger partial charge in [0, 0.05) is 5.56 Å². The van der Waals surface area contributed by atoms with Crippen molar-refractivity contribution >= 4 is 21.9 Å². The summed E-state index contributed by atoms with van der Waals surface area (Å²) in [4.78, 5) is 13.1. The van der Waals surface area contributed by atoms with Crippen LogP contribution >= 0.6 is 0 Å². The molecule has 4 aromatic rings. The van der Waals surface area contributed by atoms with Crippen molar-refractivity contribution in [2.24, 2.45) is 0 Å². The van der Waals surface area contributed by atoms with Gasteiger partial charge in [0.05, 0.1) is 26.2 Å². The minimum Gasteiger partial charge on any atom is -0.507 e. The maximum absolute atomic E-state index is 13.1. The molecular formula is C24H20O9. The fraction of sp³-hybridized carbons (Fsp3) is 0.208. The van der Waals surface area contributed by atoms with Crippen LogP contribution < -0.4 is 24.4 Å². The Morgan fingerprint density at radius 3 is 2.42 bits per heavy atom. The van der Waals surface area contributed by atoms with Crippen LogP contribution in [0, 0.1) is 0 Å². The van der Waals surface area contributed by atoms with Gasteiger partial charge in [0.25, 0.3) is 0 Å². The zero-order valence-corrected chi connectivity index (χ0v) is 17.7. The van der Waals surface area contributed by atoms with Crippen LogP contribution in [0.2, 0.25) is 0 Å². The molecule has 0 spiro atoms. The molecule has 1 aliphatic heterocycles. The number of methoxy groups -OCH3 is 2. The second-order valence-electron chi connectivity index (χ2n) is 7.50. The Morgan fingerprint density at radius 2 is 1.73 bits per heavy atom. The Morgan fingerprint density at radius 1 is 0.939 bits per heavy atom. The van der Waals surface area contributed by atoms with Gasteiger partial charge in [0.15, 0.2) is 35.0 Å². The monoisotopic (exact) mass is 452 g/mol. The minimum atomic E-state index is -0.884. The van der Waals surface area contributed by atoms with Crippen LogP contribution in [0.3, 0.4) is 0 Å². The predicted molar refractivity (Wildman–Crippen MR) is 118 cm³/mol. The molecular weight excluding hydrogens is 432 g/mol. The molecule has 2 atom stereocenters. The highest BCUT2D eigenvalue weighted by atomic mass is 16.6. The number of phenols is 2. The van der Waals surface area contributed by atoms with Gasteiger partial charge in [-0.15, -0.1) is 0 Å². The Labute approximate surface area is 186 Å². The van der Waals surface area contributed by atoms with Crippen molar-refractivity contribution in [2.45, 2.75) is 12.2 Å². The Balaban J connectivity index is 1.73. The van der Waals surface area contributed by atoms with E-state index in [9.17, 15) is 20.1 Å². The van der Waals surface area contributed by atoms with Crippen molar-refractivity contribution in [3.63, 3.8) is 0 Å². The van der Waals surface area contributed by atoms with E-state index in [0.717, 1.165) is 0 Å². The number of phenolic OH excluding ortho intramolecular Hbond substituents is 2. The van der Waals surface area contributed by atoms with Crippen molar-refractivity contribution in [1.82, 2.24) is 0 Å². The molecule has 3 N–H and O–H groups in total. The summed E-state index contributed by atoms with van der Waals surface area (Å²) in [6, 6.07) is 10.7. The van der Waals surface area contributed by atoms with E-state index in [-0.39, 0.29) is 56.4 Å². The third kappa shape index (κ3) is 3.16. The minimum absolute atomic E-state index is 0.0361. The van der Waals surface area contributed by atoms with Gasteiger partial charge in [-0.1, -0.05) is 12.1 Å². The predicted octanol–water partition coefficient (Wildman–Crippen LogP) is 3.25. The molecule has 1 aliphatic rings. The van der Waals surface area contributed by atoms with Gasteiger partial charge in [0.1, 0.15) is 16.7 Å². The van der Waals surface area contributed by atoms with Gasteiger partial charge >= 0.3 is 0 Å². The molecule has 0 unspecified atom stereocenters. The fourth-order valence-corrected chi connectivity index (χ4v) is 4.03. The Kier molecular flexibility index (Phi) is 4.90. The summed E-state index contributed by atoms with van der Waals surface area (Å²) in [5.41, 5.74) is 0.344. The first-order valence-electron chi connectivity index (χ1n) is 10.1. The third-order valence-corrected chi connectivity index (χ3v) is 5.63. The SMILES string of the molecule is COc1ccc([C@H]2Oc3c(OC)cc4c(=O)c5c(O)cccc5oc4c3O[C@H]2CO)cc1O. The number of hydrogen-bond donors (Lipinski definition) is 3. The quantitative estimate of drug-likeness (QED) is 0.400. The first-order chi connectivity index (χ1) is 16.0. The highest BCUT2D eigenvalue weighted by Crippen LogP contribution is 2.50. The lowest BCUT2D eigenvalue weighted by atomic mass is 10.0. The number of hydrogen-bond acceptors (Lipinski definition) is 9. The summed E-state index contributed by atoms with van der Waals surface area (Å²) in [5.74, 6) is 0.474. The maximum atomic E-state index is 13.1. The lowest BCUT2D eigenvalue weighted by Gasteiger charge is -2.34. The number of aliphatic hydroxyl groups excluding tert-OH is 1. The van der Waals surface area contributed by atoms with E-state index in [1.807, 2.05) is 0 Å². The number of benzene rings is 3. The van der Waals surface area contributed by atoms with E-state index in [4.69, 9.17) is 23.4 Å². The van der Waals surface area contributed by atoms with Crippen LogP contribution in [-0.2, 0) is 0 Å². The third-order valence-electron chi connectivity index (χ3n) is 5.63. The summed E-state index contributed by atoms with van der Waals surface area (Å²) in [6.07, 6.45) is -1.69. The zero-order valence-electron chi connectivity index (χ0n) is 17.7. The number of ether oxygens (including phenoxy) is 4. The molecule has 0 bridgehead atoms. The number of fused-ring (bicyclic) bond motifs is 4. The van der Waals surface area contributed by atoms with E-state index in [2.05, 4.69) is 0 Å². The topological polar surface area (TPSA) is 128 Å². The zero-order chi connectivity index (χ0) is 23.3. The van der Waals surface area contributed by atoms with Crippen molar-refractivity contribution in [3.8, 4) is 34.5 Å². The van der Waals surface area contributed by atoms with E-state index >= 15 is 0 Å². The van der Waals surface area contributed by atoms with Crippen LogP contribution in [0.25, 0.3) is 21.9 Å². The Hall–Kier alpha value is -4.11. The lowest BCUT2D eigenvalue weighted by molar-refractivity contribution is -0.0134. The average molecular weight is 452 g/mol. The van der Waals surface area contributed by atoms with Gasteiger partial charge in [0.2, 0.25) is 16.9 Å². The molecule has 0 saturated carbocycles. The van der Waals surface area contributed by atoms with Gasteiger partial charge in [-0.3, -0.25) is 4.79 Å². The van der Waals surface area contributed by atoms with Gasteiger partial charge in [-0.25, -0.2) is 0 Å². The number of aromatic hydroxyl groups is 2. The van der Waals surface area contributed by atoms with Gasteiger partial charge < -0.3 is 38.7 Å². The molecule has 3 aromatic carbocycles. The van der Waals surface area contributed by atoms with Crippen LogP contribution in [0.5, 0.6) is 34.5 Å². The highest BCUT2D eigenvalue weighted by Gasteiger charge is 2.37. The largest absolute Gasteiger partial charge is 0.507 e. The summed E-state index contributed by atoms with van der Waals surface area (Å²) < 4.78 is 28.7. The first kappa shape index (κ1) is 20.8. The van der Waals surface area contributed by atoms with Crippen LogP contribution in [0.1, 0.15) is 11.7 Å². The van der Waals surface area contributed by atoms with E-state index in [1.165, 1.54) is 32.4 Å².